The van der Waals surface area contributed by atoms with E-state index in [4.69, 9.17) is 0 Å². The molecule has 1 aliphatic rings. The van der Waals surface area contributed by atoms with Gasteiger partial charge < -0.3 is 5.32 Å². The first kappa shape index (κ1) is 21.6. The molecule has 1 N–H and O–H groups in total. The summed E-state index contributed by atoms with van der Waals surface area (Å²) in [5.74, 6) is -0.385. The van der Waals surface area contributed by atoms with Crippen LogP contribution in [-0.2, 0) is 10.0 Å². The Balaban J connectivity index is 1.48. The number of para-hydroxylation sites is 1. The van der Waals surface area contributed by atoms with Gasteiger partial charge in [0.15, 0.2) is 0 Å². The summed E-state index contributed by atoms with van der Waals surface area (Å²) in [4.78, 5) is 12.9. The van der Waals surface area contributed by atoms with Crippen LogP contribution in [0, 0.1) is 13.8 Å². The van der Waals surface area contributed by atoms with E-state index in [9.17, 15) is 13.2 Å². The molecule has 31 heavy (non-hydrogen) atoms. The van der Waals surface area contributed by atoms with Gasteiger partial charge in [-0.2, -0.15) is 4.31 Å². The van der Waals surface area contributed by atoms with Gasteiger partial charge in [-0.15, -0.1) is 10.2 Å². The number of carbonyl (C=O) groups excluding carboxylic acids is 1. The zero-order chi connectivity index (χ0) is 22.0. The third kappa shape index (κ3) is 4.68. The first-order chi connectivity index (χ1) is 14.8. The maximum atomic E-state index is 13.1. The second-order valence-electron chi connectivity index (χ2n) is 7.73. The zero-order valence-electron chi connectivity index (χ0n) is 17.4. The number of nitrogens with zero attached hydrogens (tertiary/aromatic N) is 3. The molecule has 9 heteroatoms. The van der Waals surface area contributed by atoms with Crippen LogP contribution >= 0.6 is 11.3 Å². The SMILES string of the molecule is Cc1ccc(S(=O)(=O)N2CCC[C@H](c3nnc(C(=O)Nc4ccccc4C)s3)C2)cc1. The quantitative estimate of drug-likeness (QED) is 0.627. The van der Waals surface area contributed by atoms with Crippen LogP contribution in [0.1, 0.15) is 44.7 Å². The Morgan fingerprint density at radius 1 is 1.10 bits per heavy atom. The number of hydrogen-bond acceptors (Lipinski definition) is 6. The highest BCUT2D eigenvalue weighted by molar-refractivity contribution is 7.89. The van der Waals surface area contributed by atoms with Crippen molar-refractivity contribution in [3.63, 3.8) is 0 Å². The van der Waals surface area contributed by atoms with E-state index in [2.05, 4.69) is 15.5 Å². The molecule has 1 aromatic heterocycles. The summed E-state index contributed by atoms with van der Waals surface area (Å²) in [6.45, 7) is 4.66. The second-order valence-corrected chi connectivity index (χ2v) is 10.7. The van der Waals surface area contributed by atoms with Gasteiger partial charge >= 0.3 is 0 Å². The van der Waals surface area contributed by atoms with Crippen LogP contribution in [0.25, 0.3) is 0 Å². The number of hydrogen-bond donors (Lipinski definition) is 1. The molecule has 1 fully saturated rings. The van der Waals surface area contributed by atoms with E-state index in [-0.39, 0.29) is 16.8 Å². The number of carbonyl (C=O) groups is 1. The van der Waals surface area contributed by atoms with Gasteiger partial charge in [-0.1, -0.05) is 47.2 Å². The Morgan fingerprint density at radius 3 is 2.58 bits per heavy atom. The third-order valence-corrected chi connectivity index (χ3v) is 8.38. The highest BCUT2D eigenvalue weighted by Crippen LogP contribution is 2.32. The van der Waals surface area contributed by atoms with Crippen LogP contribution in [0.2, 0.25) is 0 Å². The molecule has 1 amide bonds. The maximum Gasteiger partial charge on any atom is 0.286 e. The molecular formula is C22H24N4O3S2. The smallest absolute Gasteiger partial charge is 0.286 e. The Morgan fingerprint density at radius 2 is 1.84 bits per heavy atom. The number of rotatable bonds is 5. The number of aromatic nitrogens is 2. The largest absolute Gasteiger partial charge is 0.320 e. The Kier molecular flexibility index (Phi) is 6.17. The number of nitrogens with one attached hydrogen (secondary N) is 1. The molecule has 0 radical (unpaired) electrons. The van der Waals surface area contributed by atoms with Gasteiger partial charge in [0, 0.05) is 24.7 Å². The number of anilines is 1. The normalized spacial score (nSPS) is 17.4. The zero-order valence-corrected chi connectivity index (χ0v) is 19.0. The number of piperidine rings is 1. The molecule has 162 valence electrons. The van der Waals surface area contributed by atoms with E-state index < -0.39 is 10.0 Å². The fraction of sp³-hybridized carbons (Fsp3) is 0.318. The summed E-state index contributed by atoms with van der Waals surface area (Å²) in [7, 11) is -3.56. The number of amides is 1. The molecule has 0 saturated carbocycles. The van der Waals surface area contributed by atoms with Gasteiger partial charge in [0.1, 0.15) is 5.01 Å². The topological polar surface area (TPSA) is 92.3 Å². The lowest BCUT2D eigenvalue weighted by Gasteiger charge is -2.30. The third-order valence-electron chi connectivity index (χ3n) is 5.42. The molecule has 0 bridgehead atoms. The number of aryl methyl sites for hydroxylation is 2. The van der Waals surface area contributed by atoms with Crippen LogP contribution < -0.4 is 5.32 Å². The summed E-state index contributed by atoms with van der Waals surface area (Å²) in [6, 6.07) is 14.4. The van der Waals surface area contributed by atoms with Gasteiger partial charge in [0.2, 0.25) is 15.0 Å². The molecule has 1 atom stereocenters. The van der Waals surface area contributed by atoms with E-state index in [1.165, 1.54) is 15.6 Å². The molecule has 2 aromatic carbocycles. The molecule has 1 aliphatic heterocycles. The van der Waals surface area contributed by atoms with Crippen molar-refractivity contribution < 1.29 is 13.2 Å². The van der Waals surface area contributed by atoms with Gasteiger partial charge in [0.25, 0.3) is 5.91 Å². The van der Waals surface area contributed by atoms with Crippen molar-refractivity contribution in [3.05, 3.63) is 69.7 Å². The van der Waals surface area contributed by atoms with Gasteiger partial charge in [-0.05, 0) is 50.5 Å². The van der Waals surface area contributed by atoms with Crippen LogP contribution in [0.5, 0.6) is 0 Å². The lowest BCUT2D eigenvalue weighted by atomic mass is 10.0. The molecule has 0 unspecified atom stereocenters. The Hall–Kier alpha value is -2.62. The minimum absolute atomic E-state index is 0.0773. The highest BCUT2D eigenvalue weighted by atomic mass is 32.2. The van der Waals surface area contributed by atoms with E-state index in [0.717, 1.165) is 29.7 Å². The fourth-order valence-electron chi connectivity index (χ4n) is 3.60. The average molecular weight is 457 g/mol. The monoisotopic (exact) mass is 456 g/mol. The second kappa shape index (κ2) is 8.86. The van der Waals surface area contributed by atoms with Crippen molar-refractivity contribution in [3.8, 4) is 0 Å². The van der Waals surface area contributed by atoms with Crippen LogP contribution in [0.4, 0.5) is 5.69 Å². The van der Waals surface area contributed by atoms with Crippen molar-refractivity contribution in [1.82, 2.24) is 14.5 Å². The van der Waals surface area contributed by atoms with Gasteiger partial charge in [-0.25, -0.2) is 8.42 Å². The summed E-state index contributed by atoms with van der Waals surface area (Å²) < 4.78 is 27.6. The van der Waals surface area contributed by atoms with Crippen molar-refractivity contribution in [2.75, 3.05) is 18.4 Å². The molecule has 4 rings (SSSR count). The average Bonchev–Trinajstić information content (AvgIpc) is 3.26. The molecule has 3 aromatic rings. The Labute approximate surface area is 186 Å². The van der Waals surface area contributed by atoms with Crippen molar-refractivity contribution in [2.24, 2.45) is 0 Å². The summed E-state index contributed by atoms with van der Waals surface area (Å²) in [6.07, 6.45) is 1.55. The first-order valence-electron chi connectivity index (χ1n) is 10.1. The minimum atomic E-state index is -3.56. The molecule has 7 nitrogen and oxygen atoms in total. The van der Waals surface area contributed by atoms with E-state index in [0.29, 0.717) is 23.0 Å². The van der Waals surface area contributed by atoms with Gasteiger partial charge in [-0.3, -0.25) is 4.79 Å². The fourth-order valence-corrected chi connectivity index (χ4v) is 5.99. The van der Waals surface area contributed by atoms with Crippen LogP contribution in [-0.4, -0.2) is 41.9 Å². The van der Waals surface area contributed by atoms with Crippen molar-refractivity contribution >= 4 is 33.0 Å². The van der Waals surface area contributed by atoms with E-state index in [1.807, 2.05) is 38.1 Å². The maximum absolute atomic E-state index is 13.1. The van der Waals surface area contributed by atoms with Crippen LogP contribution in [0.15, 0.2) is 53.4 Å². The molecule has 0 spiro atoms. The molecule has 1 saturated heterocycles. The van der Waals surface area contributed by atoms with Crippen molar-refractivity contribution in [1.29, 1.82) is 0 Å². The highest BCUT2D eigenvalue weighted by Gasteiger charge is 2.32. The lowest BCUT2D eigenvalue weighted by Crippen LogP contribution is -2.39. The van der Waals surface area contributed by atoms with E-state index in [1.54, 1.807) is 24.3 Å². The lowest BCUT2D eigenvalue weighted by molar-refractivity contribution is 0.102. The predicted molar refractivity (Wildman–Crippen MR) is 121 cm³/mol. The summed E-state index contributed by atoms with van der Waals surface area (Å²) >= 11 is 1.23. The van der Waals surface area contributed by atoms with E-state index >= 15 is 0 Å². The molecule has 0 aliphatic carbocycles. The van der Waals surface area contributed by atoms with Gasteiger partial charge in [0.05, 0.1) is 4.90 Å². The van der Waals surface area contributed by atoms with Crippen molar-refractivity contribution in [2.45, 2.75) is 37.5 Å². The Bertz CT molecular complexity index is 1190. The minimum Gasteiger partial charge on any atom is -0.320 e. The molecular weight excluding hydrogens is 432 g/mol. The molecule has 2 heterocycles. The summed E-state index contributed by atoms with van der Waals surface area (Å²) in [5, 5.41) is 12.1. The standard InChI is InChI=1S/C22H24N4O3S2/c1-15-9-11-18(12-10-15)31(28,29)26-13-5-7-17(14-26)21-24-25-22(30-21)20(27)23-19-8-4-3-6-16(19)2/h3-4,6,8-12,17H,5,7,13-14H2,1-2H3,(H,23,27)/t17-/m0/s1. The number of benzene rings is 2. The predicted octanol–water partition coefficient (Wildman–Crippen LogP) is 3.98. The first-order valence-corrected chi connectivity index (χ1v) is 12.4. The number of sulfonamides is 1. The van der Waals surface area contributed by atoms with Crippen LogP contribution in [0.3, 0.4) is 0 Å². The summed E-state index contributed by atoms with van der Waals surface area (Å²) in [5.41, 5.74) is 2.71.